The Morgan fingerprint density at radius 2 is 1.70 bits per heavy atom. The van der Waals surface area contributed by atoms with Crippen LogP contribution < -0.4 is 10.4 Å². The van der Waals surface area contributed by atoms with Crippen LogP contribution in [0.1, 0.15) is 43.1 Å². The summed E-state index contributed by atoms with van der Waals surface area (Å²) in [4.78, 5) is 38.3. The average Bonchev–Trinajstić information content (AvgIpc) is 3.31. The number of hydrazine groups is 1. The van der Waals surface area contributed by atoms with E-state index in [9.17, 15) is 14.4 Å². The summed E-state index contributed by atoms with van der Waals surface area (Å²) in [5.74, 6) is -0.538. The fourth-order valence-corrected chi connectivity index (χ4v) is 3.60. The second-order valence-corrected chi connectivity index (χ2v) is 9.34. The van der Waals surface area contributed by atoms with Gasteiger partial charge in [-0.2, -0.15) is 10.3 Å². The van der Waals surface area contributed by atoms with Gasteiger partial charge in [-0.1, -0.05) is 30.3 Å². The predicted octanol–water partition coefficient (Wildman–Crippen LogP) is 6.02. The number of hydrogen-bond acceptors (Lipinski definition) is 6. The standard InChI is InChI=1S/C29H25N3O5/c1-29(2,3)37-28(35)32(31-27(34)17-24(33)21-9-6-7-19(15-21)18-30)23-13-11-20(12-14-23)26-16-22-8-4-5-10-25(22)36-26/h4-16H,17H2,1-3H3,(H,31,34). The van der Waals surface area contributed by atoms with Crippen molar-refractivity contribution in [1.82, 2.24) is 5.43 Å². The van der Waals surface area contributed by atoms with E-state index in [2.05, 4.69) is 5.43 Å². The van der Waals surface area contributed by atoms with Gasteiger partial charge >= 0.3 is 6.09 Å². The number of ketones is 1. The molecule has 4 rings (SSSR count). The fourth-order valence-electron chi connectivity index (χ4n) is 3.60. The Morgan fingerprint density at radius 1 is 0.973 bits per heavy atom. The highest BCUT2D eigenvalue weighted by atomic mass is 16.6. The Balaban J connectivity index is 1.55. The van der Waals surface area contributed by atoms with Crippen LogP contribution in [0.2, 0.25) is 0 Å². The molecule has 0 aliphatic heterocycles. The zero-order valence-electron chi connectivity index (χ0n) is 20.6. The van der Waals surface area contributed by atoms with Gasteiger partial charge < -0.3 is 9.15 Å². The van der Waals surface area contributed by atoms with Crippen molar-refractivity contribution in [3.63, 3.8) is 0 Å². The minimum absolute atomic E-state index is 0.230. The molecule has 0 saturated heterocycles. The molecule has 186 valence electrons. The Labute approximate surface area is 214 Å². The number of carbonyl (C=O) groups is 3. The molecule has 0 radical (unpaired) electrons. The smallest absolute Gasteiger partial charge is 0.434 e. The van der Waals surface area contributed by atoms with E-state index >= 15 is 0 Å². The molecule has 0 fully saturated rings. The predicted molar refractivity (Wildman–Crippen MR) is 139 cm³/mol. The molecule has 8 nitrogen and oxygen atoms in total. The van der Waals surface area contributed by atoms with E-state index in [-0.39, 0.29) is 5.56 Å². The third-order valence-electron chi connectivity index (χ3n) is 5.28. The van der Waals surface area contributed by atoms with Crippen molar-refractivity contribution < 1.29 is 23.5 Å². The van der Waals surface area contributed by atoms with E-state index in [4.69, 9.17) is 14.4 Å². The van der Waals surface area contributed by atoms with E-state index in [0.29, 0.717) is 17.0 Å². The average molecular weight is 496 g/mol. The molecule has 0 spiro atoms. The zero-order valence-corrected chi connectivity index (χ0v) is 20.6. The number of Topliss-reactive ketones (excluding diaryl/α,β-unsaturated/α-hetero) is 1. The van der Waals surface area contributed by atoms with Crippen molar-refractivity contribution in [2.75, 3.05) is 5.01 Å². The molecule has 1 aromatic heterocycles. The highest BCUT2D eigenvalue weighted by molar-refractivity contribution is 6.08. The largest absolute Gasteiger partial charge is 0.456 e. The van der Waals surface area contributed by atoms with Crippen molar-refractivity contribution in [3.05, 3.63) is 90.0 Å². The Morgan fingerprint density at radius 3 is 2.38 bits per heavy atom. The summed E-state index contributed by atoms with van der Waals surface area (Å²) in [6.45, 7) is 5.13. The molecule has 1 N–H and O–H groups in total. The molecule has 8 heteroatoms. The summed E-state index contributed by atoms with van der Waals surface area (Å²) < 4.78 is 11.4. The molecule has 37 heavy (non-hydrogen) atoms. The van der Waals surface area contributed by atoms with Gasteiger partial charge in [0.05, 0.1) is 23.7 Å². The summed E-state index contributed by atoms with van der Waals surface area (Å²) in [5.41, 5.74) is 4.07. The number of nitriles is 1. The van der Waals surface area contributed by atoms with Crippen LogP contribution >= 0.6 is 0 Å². The number of fused-ring (bicyclic) bond motifs is 1. The number of rotatable bonds is 5. The highest BCUT2D eigenvalue weighted by Gasteiger charge is 2.26. The molecule has 3 aromatic carbocycles. The number of anilines is 1. The molecular weight excluding hydrogens is 470 g/mol. The van der Waals surface area contributed by atoms with Crippen molar-refractivity contribution in [2.45, 2.75) is 32.8 Å². The van der Waals surface area contributed by atoms with E-state index < -0.39 is 29.8 Å². The van der Waals surface area contributed by atoms with E-state index in [0.717, 1.165) is 21.5 Å². The normalized spacial score (nSPS) is 11.0. The molecular formula is C29H25N3O5. The van der Waals surface area contributed by atoms with Gasteiger partial charge in [-0.25, -0.2) is 4.79 Å². The third-order valence-corrected chi connectivity index (χ3v) is 5.28. The molecule has 0 aliphatic carbocycles. The maximum atomic E-state index is 13.0. The fraction of sp³-hybridized carbons (Fsp3) is 0.172. The molecule has 0 aliphatic rings. The first kappa shape index (κ1) is 25.2. The van der Waals surface area contributed by atoms with Gasteiger partial charge in [0, 0.05) is 16.5 Å². The summed E-state index contributed by atoms with van der Waals surface area (Å²) in [6.07, 6.45) is -1.33. The minimum Gasteiger partial charge on any atom is -0.456 e. The van der Waals surface area contributed by atoms with Crippen LogP contribution in [-0.2, 0) is 9.53 Å². The molecule has 0 unspecified atom stereocenters. The highest BCUT2D eigenvalue weighted by Crippen LogP contribution is 2.29. The monoisotopic (exact) mass is 495 g/mol. The number of amides is 2. The first-order valence-corrected chi connectivity index (χ1v) is 11.6. The van der Waals surface area contributed by atoms with Crippen LogP contribution in [0, 0.1) is 11.3 Å². The van der Waals surface area contributed by atoms with Crippen LogP contribution in [0.25, 0.3) is 22.3 Å². The number of ether oxygens (including phenoxy) is 1. The van der Waals surface area contributed by atoms with Gasteiger partial charge in [0.2, 0.25) is 5.91 Å². The lowest BCUT2D eigenvalue weighted by molar-refractivity contribution is -0.120. The topological polar surface area (TPSA) is 113 Å². The molecule has 0 atom stereocenters. The molecule has 0 bridgehead atoms. The second-order valence-electron chi connectivity index (χ2n) is 9.34. The Kier molecular flexibility index (Phi) is 7.07. The minimum atomic E-state index is -0.818. The van der Waals surface area contributed by atoms with Crippen LogP contribution in [0.15, 0.2) is 83.3 Å². The number of benzene rings is 3. The summed E-state index contributed by atoms with van der Waals surface area (Å²) in [7, 11) is 0. The lowest BCUT2D eigenvalue weighted by Crippen LogP contribution is -2.49. The van der Waals surface area contributed by atoms with E-state index in [1.54, 1.807) is 57.2 Å². The van der Waals surface area contributed by atoms with Crippen LogP contribution in [0.5, 0.6) is 0 Å². The van der Waals surface area contributed by atoms with Crippen LogP contribution in [-0.4, -0.2) is 23.4 Å². The van der Waals surface area contributed by atoms with Crippen molar-refractivity contribution in [3.8, 4) is 17.4 Å². The van der Waals surface area contributed by atoms with E-state index in [1.807, 2.05) is 36.4 Å². The number of nitrogens with one attached hydrogen (secondary N) is 1. The maximum absolute atomic E-state index is 13.0. The quantitative estimate of drug-likeness (QED) is 0.206. The summed E-state index contributed by atoms with van der Waals surface area (Å²) >= 11 is 0. The Hall–Kier alpha value is -4.90. The van der Waals surface area contributed by atoms with Gasteiger partial charge in [-0.05, 0) is 69.3 Å². The van der Waals surface area contributed by atoms with Crippen LogP contribution in [0.4, 0.5) is 10.5 Å². The third kappa shape index (κ3) is 6.21. The number of nitrogens with zero attached hydrogens (tertiary/aromatic N) is 2. The zero-order chi connectivity index (χ0) is 26.6. The molecule has 2 amide bonds. The van der Waals surface area contributed by atoms with Crippen molar-refractivity contribution in [1.29, 1.82) is 5.26 Å². The van der Waals surface area contributed by atoms with E-state index in [1.165, 1.54) is 12.1 Å². The first-order valence-electron chi connectivity index (χ1n) is 11.6. The van der Waals surface area contributed by atoms with Crippen molar-refractivity contribution >= 4 is 34.4 Å². The lowest BCUT2D eigenvalue weighted by atomic mass is 10.1. The number of carbonyl (C=O) groups excluding carboxylic acids is 3. The second kappa shape index (κ2) is 10.4. The number of hydrogen-bond donors (Lipinski definition) is 1. The van der Waals surface area contributed by atoms with Gasteiger partial charge in [-0.3, -0.25) is 15.0 Å². The van der Waals surface area contributed by atoms with Crippen LogP contribution in [0.3, 0.4) is 0 Å². The van der Waals surface area contributed by atoms with Gasteiger partial charge in [0.15, 0.2) is 5.78 Å². The lowest BCUT2D eigenvalue weighted by Gasteiger charge is -2.27. The molecule has 4 aromatic rings. The SMILES string of the molecule is CC(C)(C)OC(=O)N(NC(=O)CC(=O)c1cccc(C#N)c1)c1ccc(-c2cc3ccccc3o2)cc1. The summed E-state index contributed by atoms with van der Waals surface area (Å²) in [5, 5.41) is 11.0. The maximum Gasteiger partial charge on any atom is 0.434 e. The Bertz CT molecular complexity index is 1470. The van der Waals surface area contributed by atoms with Gasteiger partial charge in [-0.15, -0.1) is 0 Å². The van der Waals surface area contributed by atoms with Gasteiger partial charge in [0.25, 0.3) is 0 Å². The van der Waals surface area contributed by atoms with Crippen molar-refractivity contribution in [2.24, 2.45) is 0 Å². The van der Waals surface area contributed by atoms with Gasteiger partial charge in [0.1, 0.15) is 16.9 Å². The number of para-hydroxylation sites is 1. The first-order chi connectivity index (χ1) is 17.6. The number of furan rings is 1. The molecule has 0 saturated carbocycles. The molecule has 1 heterocycles. The summed E-state index contributed by atoms with van der Waals surface area (Å²) in [6, 6.07) is 24.4.